The predicted octanol–water partition coefficient (Wildman–Crippen LogP) is 1.55. The van der Waals surface area contributed by atoms with E-state index in [2.05, 4.69) is 10.4 Å². The Morgan fingerprint density at radius 2 is 2.05 bits per heavy atom. The zero-order valence-corrected chi connectivity index (χ0v) is 11.9. The fourth-order valence-corrected chi connectivity index (χ4v) is 1.79. The van der Waals surface area contributed by atoms with Gasteiger partial charge in [-0.15, -0.1) is 0 Å². The molecule has 1 heterocycles. The molecule has 1 N–H and O–H groups in total. The number of ether oxygens (including phenoxy) is 1. The summed E-state index contributed by atoms with van der Waals surface area (Å²) < 4.78 is 6.54. The molecule has 0 fully saturated rings. The lowest BCUT2D eigenvalue weighted by Gasteiger charge is -2.12. The average Bonchev–Trinajstić information content (AvgIpc) is 3.01. The number of rotatable bonds is 5. The molecule has 21 heavy (non-hydrogen) atoms. The van der Waals surface area contributed by atoms with Gasteiger partial charge in [-0.2, -0.15) is 5.10 Å². The average molecular weight is 287 g/mol. The number of aromatic nitrogens is 2. The number of hydrogen-bond donors (Lipinski definition) is 1. The van der Waals surface area contributed by atoms with Crippen molar-refractivity contribution in [3.05, 3.63) is 48.3 Å². The van der Waals surface area contributed by atoms with Crippen molar-refractivity contribution in [1.82, 2.24) is 15.1 Å². The van der Waals surface area contributed by atoms with Crippen LogP contribution in [0.1, 0.15) is 24.2 Å². The lowest BCUT2D eigenvalue weighted by molar-refractivity contribution is -0.144. The van der Waals surface area contributed by atoms with Crippen LogP contribution in [0.2, 0.25) is 0 Å². The van der Waals surface area contributed by atoms with E-state index in [9.17, 15) is 9.59 Å². The van der Waals surface area contributed by atoms with Crippen molar-refractivity contribution in [2.45, 2.75) is 19.9 Å². The SMILES string of the molecule is CCOC(=O)C(C)NC(=O)c1ccc(-n2cccn2)cc1. The molecular weight excluding hydrogens is 270 g/mol. The van der Waals surface area contributed by atoms with Crippen LogP contribution in [0.4, 0.5) is 0 Å². The maximum Gasteiger partial charge on any atom is 0.328 e. The highest BCUT2D eigenvalue weighted by atomic mass is 16.5. The van der Waals surface area contributed by atoms with Crippen molar-refractivity contribution in [3.63, 3.8) is 0 Å². The van der Waals surface area contributed by atoms with E-state index in [0.29, 0.717) is 5.56 Å². The first-order valence-corrected chi connectivity index (χ1v) is 6.69. The van der Waals surface area contributed by atoms with Crippen LogP contribution >= 0.6 is 0 Å². The first-order valence-electron chi connectivity index (χ1n) is 6.69. The largest absolute Gasteiger partial charge is 0.464 e. The maximum atomic E-state index is 12.0. The highest BCUT2D eigenvalue weighted by Gasteiger charge is 2.17. The van der Waals surface area contributed by atoms with E-state index in [1.165, 1.54) is 0 Å². The van der Waals surface area contributed by atoms with Gasteiger partial charge in [-0.25, -0.2) is 9.48 Å². The van der Waals surface area contributed by atoms with E-state index in [4.69, 9.17) is 4.74 Å². The molecule has 1 amide bonds. The van der Waals surface area contributed by atoms with Gasteiger partial charge in [0.1, 0.15) is 6.04 Å². The number of carbonyl (C=O) groups is 2. The number of benzene rings is 1. The van der Waals surface area contributed by atoms with Crippen LogP contribution in [0.5, 0.6) is 0 Å². The third-order valence-corrected chi connectivity index (χ3v) is 2.89. The fraction of sp³-hybridized carbons (Fsp3) is 0.267. The number of esters is 1. The molecule has 6 heteroatoms. The number of hydrogen-bond acceptors (Lipinski definition) is 4. The lowest BCUT2D eigenvalue weighted by Crippen LogP contribution is -2.39. The van der Waals surface area contributed by atoms with Crippen molar-refractivity contribution < 1.29 is 14.3 Å². The molecule has 0 saturated carbocycles. The third-order valence-electron chi connectivity index (χ3n) is 2.89. The Hall–Kier alpha value is -2.63. The second-order valence-electron chi connectivity index (χ2n) is 4.44. The molecule has 110 valence electrons. The van der Waals surface area contributed by atoms with Gasteiger partial charge in [0.15, 0.2) is 0 Å². The normalized spacial score (nSPS) is 11.7. The Kier molecular flexibility index (Phi) is 4.71. The summed E-state index contributed by atoms with van der Waals surface area (Å²) in [5.41, 5.74) is 1.33. The molecule has 0 saturated heterocycles. The van der Waals surface area contributed by atoms with Gasteiger partial charge in [-0.05, 0) is 44.2 Å². The molecular formula is C15H17N3O3. The summed E-state index contributed by atoms with van der Waals surface area (Å²) in [6.07, 6.45) is 3.50. The van der Waals surface area contributed by atoms with E-state index in [-0.39, 0.29) is 12.5 Å². The molecule has 0 spiro atoms. The first kappa shape index (κ1) is 14.8. The Balaban J connectivity index is 2.02. The minimum atomic E-state index is -0.678. The van der Waals surface area contributed by atoms with Crippen molar-refractivity contribution >= 4 is 11.9 Å². The highest BCUT2D eigenvalue weighted by molar-refractivity contribution is 5.96. The van der Waals surface area contributed by atoms with E-state index in [1.54, 1.807) is 49.0 Å². The second kappa shape index (κ2) is 6.69. The van der Waals surface area contributed by atoms with E-state index >= 15 is 0 Å². The molecule has 1 unspecified atom stereocenters. The molecule has 0 aliphatic carbocycles. The zero-order chi connectivity index (χ0) is 15.2. The number of nitrogens with zero attached hydrogens (tertiary/aromatic N) is 2. The van der Waals surface area contributed by atoms with Gasteiger partial charge in [0.2, 0.25) is 0 Å². The Bertz CT molecular complexity index is 606. The van der Waals surface area contributed by atoms with Crippen LogP contribution < -0.4 is 5.32 Å². The Morgan fingerprint density at radius 1 is 1.33 bits per heavy atom. The summed E-state index contributed by atoms with van der Waals surface area (Å²) in [7, 11) is 0. The van der Waals surface area contributed by atoms with Crippen molar-refractivity contribution in [2.75, 3.05) is 6.61 Å². The van der Waals surface area contributed by atoms with Crippen LogP contribution in [0.25, 0.3) is 5.69 Å². The molecule has 2 rings (SSSR count). The van der Waals surface area contributed by atoms with Crippen LogP contribution in [0.3, 0.4) is 0 Å². The molecule has 0 radical (unpaired) electrons. The van der Waals surface area contributed by atoms with Gasteiger partial charge in [-0.3, -0.25) is 4.79 Å². The fourth-order valence-electron chi connectivity index (χ4n) is 1.79. The monoisotopic (exact) mass is 287 g/mol. The minimum absolute atomic E-state index is 0.289. The third kappa shape index (κ3) is 3.68. The summed E-state index contributed by atoms with van der Waals surface area (Å²) in [6, 6.07) is 8.09. The Labute approximate surface area is 122 Å². The van der Waals surface area contributed by atoms with Crippen LogP contribution in [-0.2, 0) is 9.53 Å². The van der Waals surface area contributed by atoms with Crippen molar-refractivity contribution in [1.29, 1.82) is 0 Å². The summed E-state index contributed by atoms with van der Waals surface area (Å²) in [5.74, 6) is -0.762. The van der Waals surface area contributed by atoms with Gasteiger partial charge >= 0.3 is 5.97 Å². The minimum Gasteiger partial charge on any atom is -0.464 e. The van der Waals surface area contributed by atoms with Gasteiger partial charge in [0.05, 0.1) is 12.3 Å². The summed E-state index contributed by atoms with van der Waals surface area (Å²) in [4.78, 5) is 23.5. The summed E-state index contributed by atoms with van der Waals surface area (Å²) >= 11 is 0. The molecule has 0 bridgehead atoms. The number of carbonyl (C=O) groups excluding carboxylic acids is 2. The Morgan fingerprint density at radius 3 is 2.62 bits per heavy atom. The molecule has 1 aromatic carbocycles. The van der Waals surface area contributed by atoms with Gasteiger partial charge in [-0.1, -0.05) is 0 Å². The molecule has 1 aromatic heterocycles. The van der Waals surface area contributed by atoms with E-state index < -0.39 is 12.0 Å². The molecule has 1 atom stereocenters. The lowest BCUT2D eigenvalue weighted by atomic mass is 10.2. The van der Waals surface area contributed by atoms with E-state index in [1.807, 2.05) is 12.3 Å². The molecule has 6 nitrogen and oxygen atoms in total. The van der Waals surface area contributed by atoms with Crippen LogP contribution in [0, 0.1) is 0 Å². The topological polar surface area (TPSA) is 73.2 Å². The zero-order valence-electron chi connectivity index (χ0n) is 11.9. The number of amides is 1. The van der Waals surface area contributed by atoms with Crippen LogP contribution in [0.15, 0.2) is 42.7 Å². The summed E-state index contributed by atoms with van der Waals surface area (Å²) in [5, 5.41) is 6.71. The van der Waals surface area contributed by atoms with Crippen LogP contribution in [-0.4, -0.2) is 34.3 Å². The second-order valence-corrected chi connectivity index (χ2v) is 4.44. The predicted molar refractivity (Wildman–Crippen MR) is 77.1 cm³/mol. The van der Waals surface area contributed by atoms with Gasteiger partial charge < -0.3 is 10.1 Å². The summed E-state index contributed by atoms with van der Waals surface area (Å²) in [6.45, 7) is 3.60. The van der Waals surface area contributed by atoms with Gasteiger partial charge in [0.25, 0.3) is 5.91 Å². The standard InChI is InChI=1S/C15H17N3O3/c1-3-21-15(20)11(2)17-14(19)12-5-7-13(8-6-12)18-10-4-9-16-18/h4-11H,3H2,1-2H3,(H,17,19). The number of nitrogens with one attached hydrogen (secondary N) is 1. The molecule has 0 aliphatic rings. The quantitative estimate of drug-likeness (QED) is 0.847. The smallest absolute Gasteiger partial charge is 0.328 e. The van der Waals surface area contributed by atoms with Crippen molar-refractivity contribution in [3.8, 4) is 5.69 Å². The van der Waals surface area contributed by atoms with Gasteiger partial charge in [0, 0.05) is 18.0 Å². The van der Waals surface area contributed by atoms with E-state index in [0.717, 1.165) is 5.69 Å². The molecule has 2 aromatic rings. The van der Waals surface area contributed by atoms with Crippen molar-refractivity contribution in [2.24, 2.45) is 0 Å². The highest BCUT2D eigenvalue weighted by Crippen LogP contribution is 2.08. The molecule has 0 aliphatic heterocycles. The first-order chi connectivity index (χ1) is 10.1. The maximum absolute atomic E-state index is 12.0.